The molecule has 2 aromatic rings. The molecule has 0 heterocycles. The van der Waals surface area contributed by atoms with E-state index in [1.54, 1.807) is 6.07 Å². The molecule has 0 bridgehead atoms. The fourth-order valence-corrected chi connectivity index (χ4v) is 2.58. The zero-order valence-corrected chi connectivity index (χ0v) is 13.3. The molecule has 4 heteroatoms. The first kappa shape index (κ1) is 15.8. The smallest absolute Gasteiger partial charge is 0.124 e. The molecule has 0 saturated carbocycles. The van der Waals surface area contributed by atoms with E-state index in [0.29, 0.717) is 5.02 Å². The Morgan fingerprint density at radius 3 is 2.38 bits per heavy atom. The minimum Gasteiger partial charge on any atom is -0.378 e. The van der Waals surface area contributed by atoms with Crippen LogP contribution >= 0.6 is 11.6 Å². The van der Waals surface area contributed by atoms with Gasteiger partial charge in [0.2, 0.25) is 0 Å². The first-order valence-corrected chi connectivity index (χ1v) is 7.28. The Labute approximate surface area is 130 Å². The highest BCUT2D eigenvalue weighted by molar-refractivity contribution is 6.31. The number of benzene rings is 2. The highest BCUT2D eigenvalue weighted by Gasteiger charge is 2.10. The van der Waals surface area contributed by atoms with E-state index in [1.807, 2.05) is 33.2 Å². The van der Waals surface area contributed by atoms with Crippen LogP contribution in [-0.4, -0.2) is 19.0 Å². The van der Waals surface area contributed by atoms with Gasteiger partial charge in [0.05, 0.1) is 0 Å². The molecule has 1 unspecified atom stereocenters. The minimum absolute atomic E-state index is 0.0119. The van der Waals surface area contributed by atoms with Gasteiger partial charge in [0.1, 0.15) is 5.82 Å². The van der Waals surface area contributed by atoms with Gasteiger partial charge in [0, 0.05) is 23.3 Å². The van der Waals surface area contributed by atoms with Gasteiger partial charge >= 0.3 is 0 Å². The molecule has 0 aliphatic carbocycles. The van der Waals surface area contributed by atoms with Crippen molar-refractivity contribution in [3.8, 4) is 0 Å². The Morgan fingerprint density at radius 2 is 1.81 bits per heavy atom. The monoisotopic (exact) mass is 306 g/mol. The van der Waals surface area contributed by atoms with E-state index in [4.69, 9.17) is 11.6 Å². The summed E-state index contributed by atoms with van der Waals surface area (Å²) >= 11 is 6.09. The van der Waals surface area contributed by atoms with Crippen LogP contribution in [0.3, 0.4) is 0 Å². The lowest BCUT2D eigenvalue weighted by Crippen LogP contribution is -2.11. The van der Waals surface area contributed by atoms with Gasteiger partial charge in [-0.1, -0.05) is 29.8 Å². The molecule has 1 N–H and O–H groups in total. The van der Waals surface area contributed by atoms with Crippen LogP contribution in [0.2, 0.25) is 5.02 Å². The van der Waals surface area contributed by atoms with Crippen LogP contribution in [0.4, 0.5) is 10.1 Å². The summed E-state index contributed by atoms with van der Waals surface area (Å²) in [7, 11) is 4.09. The van der Waals surface area contributed by atoms with E-state index >= 15 is 0 Å². The lowest BCUT2D eigenvalue weighted by atomic mass is 10.1. The average Bonchev–Trinajstić information content (AvgIpc) is 2.40. The quantitative estimate of drug-likeness (QED) is 0.860. The first-order chi connectivity index (χ1) is 9.95. The van der Waals surface area contributed by atoms with Crippen LogP contribution < -0.4 is 5.32 Å². The fourth-order valence-electron chi connectivity index (χ4n) is 2.25. The summed E-state index contributed by atoms with van der Waals surface area (Å²) in [6.07, 6.45) is 0. The molecule has 2 aromatic carbocycles. The van der Waals surface area contributed by atoms with Gasteiger partial charge in [-0.25, -0.2) is 4.39 Å². The zero-order valence-electron chi connectivity index (χ0n) is 12.5. The summed E-state index contributed by atoms with van der Waals surface area (Å²) in [5.41, 5.74) is 3.17. The molecule has 0 aromatic heterocycles. The zero-order chi connectivity index (χ0) is 15.4. The Kier molecular flexibility index (Phi) is 5.21. The number of hydrogen-bond acceptors (Lipinski definition) is 2. The Bertz CT molecular complexity index is 596. The summed E-state index contributed by atoms with van der Waals surface area (Å²) < 4.78 is 13.1. The first-order valence-electron chi connectivity index (χ1n) is 6.91. The summed E-state index contributed by atoms with van der Waals surface area (Å²) in [5, 5.41) is 3.82. The van der Waals surface area contributed by atoms with Crippen molar-refractivity contribution < 1.29 is 4.39 Å². The van der Waals surface area contributed by atoms with Crippen LogP contribution in [0.15, 0.2) is 42.5 Å². The molecule has 0 spiro atoms. The van der Waals surface area contributed by atoms with Crippen molar-refractivity contribution in [3.05, 3.63) is 64.4 Å². The van der Waals surface area contributed by atoms with Crippen molar-refractivity contribution in [2.24, 2.45) is 0 Å². The van der Waals surface area contributed by atoms with Crippen LogP contribution in [-0.2, 0) is 6.54 Å². The van der Waals surface area contributed by atoms with Gasteiger partial charge in [-0.3, -0.25) is 0 Å². The molecule has 0 saturated heterocycles. The molecule has 21 heavy (non-hydrogen) atoms. The van der Waals surface area contributed by atoms with Gasteiger partial charge in [-0.15, -0.1) is 0 Å². The van der Waals surface area contributed by atoms with Gasteiger partial charge in [-0.05, 0) is 56.4 Å². The highest BCUT2D eigenvalue weighted by Crippen LogP contribution is 2.26. The average molecular weight is 307 g/mol. The molecular weight excluding hydrogens is 287 g/mol. The van der Waals surface area contributed by atoms with E-state index in [2.05, 4.69) is 22.3 Å². The number of rotatable bonds is 5. The maximum absolute atomic E-state index is 13.1. The second-order valence-corrected chi connectivity index (χ2v) is 5.87. The Balaban J connectivity index is 2.06. The van der Waals surface area contributed by atoms with Crippen molar-refractivity contribution in [2.75, 3.05) is 19.4 Å². The fraction of sp³-hybridized carbons (Fsp3) is 0.294. The largest absolute Gasteiger partial charge is 0.378 e. The third-order valence-corrected chi connectivity index (χ3v) is 3.59. The molecule has 0 aliphatic heterocycles. The summed E-state index contributed by atoms with van der Waals surface area (Å²) in [4.78, 5) is 2.13. The normalized spacial score (nSPS) is 12.5. The van der Waals surface area contributed by atoms with Crippen LogP contribution in [0, 0.1) is 5.82 Å². The molecule has 0 aliphatic rings. The maximum atomic E-state index is 13.1. The van der Waals surface area contributed by atoms with Crippen molar-refractivity contribution in [2.45, 2.75) is 19.5 Å². The SMILES string of the molecule is CC(Nc1ccc(CN(C)C)cc1)c1ccc(F)cc1Cl. The summed E-state index contributed by atoms with van der Waals surface area (Å²) in [6.45, 7) is 2.92. The maximum Gasteiger partial charge on any atom is 0.124 e. The molecular formula is C17H20ClFN2. The number of nitrogens with zero attached hydrogens (tertiary/aromatic N) is 1. The molecule has 112 valence electrons. The predicted octanol–water partition coefficient (Wildman–Crippen LogP) is 4.71. The van der Waals surface area contributed by atoms with E-state index in [1.165, 1.54) is 17.7 Å². The molecule has 0 radical (unpaired) electrons. The highest BCUT2D eigenvalue weighted by atomic mass is 35.5. The number of halogens is 2. The van der Waals surface area contributed by atoms with Crippen LogP contribution in [0.25, 0.3) is 0 Å². The van der Waals surface area contributed by atoms with Crippen LogP contribution in [0.5, 0.6) is 0 Å². The molecule has 2 nitrogen and oxygen atoms in total. The van der Waals surface area contributed by atoms with E-state index in [9.17, 15) is 4.39 Å². The van der Waals surface area contributed by atoms with Crippen molar-refractivity contribution in [1.29, 1.82) is 0 Å². The summed E-state index contributed by atoms with van der Waals surface area (Å²) in [6, 6.07) is 12.8. The second kappa shape index (κ2) is 6.92. The minimum atomic E-state index is -0.316. The standard InChI is InChI=1S/C17H20ClFN2/c1-12(16-9-6-14(19)10-17(16)18)20-15-7-4-13(5-8-15)11-21(2)3/h4-10,12,20H,11H2,1-3H3. The molecule has 0 fully saturated rings. The lowest BCUT2D eigenvalue weighted by molar-refractivity contribution is 0.402. The topological polar surface area (TPSA) is 15.3 Å². The van der Waals surface area contributed by atoms with Crippen molar-refractivity contribution in [3.63, 3.8) is 0 Å². The number of anilines is 1. The predicted molar refractivity (Wildman–Crippen MR) is 87.3 cm³/mol. The molecule has 2 rings (SSSR count). The Hall–Kier alpha value is -1.58. The molecule has 1 atom stereocenters. The third-order valence-electron chi connectivity index (χ3n) is 3.26. The summed E-state index contributed by atoms with van der Waals surface area (Å²) in [5.74, 6) is -0.316. The second-order valence-electron chi connectivity index (χ2n) is 5.47. The van der Waals surface area contributed by atoms with Crippen molar-refractivity contribution in [1.82, 2.24) is 4.90 Å². The van der Waals surface area contributed by atoms with Gasteiger partial charge in [0.15, 0.2) is 0 Å². The van der Waals surface area contributed by atoms with E-state index in [0.717, 1.165) is 17.8 Å². The Morgan fingerprint density at radius 1 is 1.14 bits per heavy atom. The van der Waals surface area contributed by atoms with Gasteiger partial charge in [-0.2, -0.15) is 0 Å². The van der Waals surface area contributed by atoms with E-state index < -0.39 is 0 Å². The molecule has 0 amide bonds. The third kappa shape index (κ3) is 4.45. The number of hydrogen-bond donors (Lipinski definition) is 1. The number of nitrogens with one attached hydrogen (secondary N) is 1. The lowest BCUT2D eigenvalue weighted by Gasteiger charge is -2.18. The van der Waals surface area contributed by atoms with Crippen molar-refractivity contribution >= 4 is 17.3 Å². The van der Waals surface area contributed by atoms with Gasteiger partial charge in [0.25, 0.3) is 0 Å². The van der Waals surface area contributed by atoms with Gasteiger partial charge < -0.3 is 10.2 Å². The van der Waals surface area contributed by atoms with Crippen LogP contribution in [0.1, 0.15) is 24.1 Å². The van der Waals surface area contributed by atoms with E-state index in [-0.39, 0.29) is 11.9 Å².